The van der Waals surface area contributed by atoms with Gasteiger partial charge in [0.2, 0.25) is 0 Å². The average Bonchev–Trinajstić information content (AvgIpc) is 1.59. The van der Waals surface area contributed by atoms with Gasteiger partial charge in [-0.3, -0.25) is 5.41 Å². The van der Waals surface area contributed by atoms with Crippen molar-refractivity contribution in [2.75, 3.05) is 0 Å². The molecule has 0 atom stereocenters. The van der Waals surface area contributed by atoms with Crippen LogP contribution in [0.5, 0.6) is 0 Å². The SMILES string of the molecule is CC(=N)N(C(C)C)C(C)C.[LiH]. The molecule has 0 aliphatic carbocycles. The Hall–Kier alpha value is 0.0674. The van der Waals surface area contributed by atoms with Crippen molar-refractivity contribution in [3.63, 3.8) is 0 Å². The second-order valence-electron chi connectivity index (χ2n) is 3.18. The van der Waals surface area contributed by atoms with Gasteiger partial charge in [0.05, 0.1) is 5.84 Å². The summed E-state index contributed by atoms with van der Waals surface area (Å²) in [7, 11) is 0. The number of nitrogens with zero attached hydrogens (tertiary/aromatic N) is 1. The van der Waals surface area contributed by atoms with Crippen LogP contribution in [0.2, 0.25) is 0 Å². The number of hydrogen-bond acceptors (Lipinski definition) is 1. The molecule has 0 rings (SSSR count). The van der Waals surface area contributed by atoms with E-state index in [1.807, 2.05) is 6.92 Å². The standard InChI is InChI=1S/C8H18N2.Li.H/c1-6(2)10(7(3)4)8(5)9;;/h6-7,9H,1-5H3;;. The summed E-state index contributed by atoms with van der Waals surface area (Å²) < 4.78 is 0. The van der Waals surface area contributed by atoms with E-state index in [2.05, 4.69) is 32.6 Å². The van der Waals surface area contributed by atoms with Crippen molar-refractivity contribution >= 4 is 24.7 Å². The summed E-state index contributed by atoms with van der Waals surface area (Å²) in [5.74, 6) is 0.657. The van der Waals surface area contributed by atoms with E-state index in [9.17, 15) is 0 Å². The Labute approximate surface area is 82.0 Å². The molecule has 2 nitrogen and oxygen atoms in total. The van der Waals surface area contributed by atoms with E-state index in [0.29, 0.717) is 17.9 Å². The van der Waals surface area contributed by atoms with E-state index in [1.165, 1.54) is 0 Å². The Balaban J connectivity index is 0. The van der Waals surface area contributed by atoms with Gasteiger partial charge in [-0.05, 0) is 34.6 Å². The van der Waals surface area contributed by atoms with Crippen LogP contribution < -0.4 is 0 Å². The van der Waals surface area contributed by atoms with Crippen molar-refractivity contribution in [1.29, 1.82) is 5.41 Å². The normalized spacial score (nSPS) is 9.73. The third-order valence-electron chi connectivity index (χ3n) is 1.50. The van der Waals surface area contributed by atoms with E-state index < -0.39 is 0 Å². The summed E-state index contributed by atoms with van der Waals surface area (Å²) in [4.78, 5) is 2.08. The maximum absolute atomic E-state index is 7.44. The number of amidine groups is 1. The van der Waals surface area contributed by atoms with Crippen LogP contribution in [-0.2, 0) is 0 Å². The second-order valence-corrected chi connectivity index (χ2v) is 3.18. The van der Waals surface area contributed by atoms with Crippen LogP contribution in [-0.4, -0.2) is 41.7 Å². The van der Waals surface area contributed by atoms with Crippen molar-refractivity contribution in [2.24, 2.45) is 0 Å². The Morgan fingerprint density at radius 3 is 1.36 bits per heavy atom. The van der Waals surface area contributed by atoms with Crippen LogP contribution in [0.3, 0.4) is 0 Å². The molecular weight excluding hydrogens is 131 g/mol. The van der Waals surface area contributed by atoms with Crippen LogP contribution in [0.4, 0.5) is 0 Å². The third-order valence-corrected chi connectivity index (χ3v) is 1.50. The average molecular weight is 150 g/mol. The topological polar surface area (TPSA) is 27.1 Å². The molecule has 0 saturated heterocycles. The molecular formula is C8H19LiN2. The van der Waals surface area contributed by atoms with Gasteiger partial charge in [-0.1, -0.05) is 0 Å². The molecule has 0 aliphatic heterocycles. The molecule has 0 amide bonds. The molecule has 0 radical (unpaired) electrons. The molecule has 0 spiro atoms. The number of hydrogen-bond donors (Lipinski definition) is 1. The Morgan fingerprint density at radius 1 is 1.09 bits per heavy atom. The quantitative estimate of drug-likeness (QED) is 0.360. The zero-order valence-electron chi connectivity index (χ0n) is 7.60. The molecule has 0 aromatic carbocycles. The molecule has 3 heteroatoms. The van der Waals surface area contributed by atoms with E-state index >= 15 is 0 Å². The molecule has 0 unspecified atom stereocenters. The van der Waals surface area contributed by atoms with E-state index in [4.69, 9.17) is 5.41 Å². The van der Waals surface area contributed by atoms with Gasteiger partial charge in [0, 0.05) is 12.1 Å². The number of nitrogens with one attached hydrogen (secondary N) is 1. The summed E-state index contributed by atoms with van der Waals surface area (Å²) in [6, 6.07) is 0.884. The molecule has 0 aliphatic rings. The molecule has 0 heterocycles. The Bertz CT molecular complexity index is 113. The van der Waals surface area contributed by atoms with E-state index in [0.717, 1.165) is 0 Å². The van der Waals surface area contributed by atoms with Crippen molar-refractivity contribution in [3.05, 3.63) is 0 Å². The minimum atomic E-state index is 0. The molecule has 0 saturated carbocycles. The van der Waals surface area contributed by atoms with Gasteiger partial charge in [-0.2, -0.15) is 0 Å². The van der Waals surface area contributed by atoms with Gasteiger partial charge in [-0.25, -0.2) is 0 Å². The minimum absolute atomic E-state index is 0. The van der Waals surface area contributed by atoms with Crippen LogP contribution >= 0.6 is 0 Å². The Kier molecular flexibility index (Phi) is 7.05. The fraction of sp³-hybridized carbons (Fsp3) is 0.875. The van der Waals surface area contributed by atoms with Gasteiger partial charge in [-0.15, -0.1) is 0 Å². The van der Waals surface area contributed by atoms with Gasteiger partial charge in [0.15, 0.2) is 0 Å². The van der Waals surface area contributed by atoms with Crippen molar-refractivity contribution in [1.82, 2.24) is 4.90 Å². The molecule has 11 heavy (non-hydrogen) atoms. The van der Waals surface area contributed by atoms with Gasteiger partial charge >= 0.3 is 18.9 Å². The van der Waals surface area contributed by atoms with Crippen molar-refractivity contribution in [2.45, 2.75) is 46.7 Å². The predicted molar refractivity (Wildman–Crippen MR) is 52.7 cm³/mol. The van der Waals surface area contributed by atoms with Crippen LogP contribution in [0.1, 0.15) is 34.6 Å². The molecule has 0 bridgehead atoms. The van der Waals surface area contributed by atoms with E-state index in [-0.39, 0.29) is 18.9 Å². The van der Waals surface area contributed by atoms with Crippen molar-refractivity contribution in [3.8, 4) is 0 Å². The summed E-state index contributed by atoms with van der Waals surface area (Å²) in [5, 5.41) is 7.44. The molecule has 1 N–H and O–H groups in total. The van der Waals surface area contributed by atoms with Gasteiger partial charge in [0.25, 0.3) is 0 Å². The third kappa shape index (κ3) is 4.50. The zero-order valence-corrected chi connectivity index (χ0v) is 7.60. The molecule has 0 aromatic rings. The first kappa shape index (κ1) is 13.6. The first-order valence-corrected chi connectivity index (χ1v) is 3.80. The number of rotatable bonds is 2. The fourth-order valence-corrected chi connectivity index (χ4v) is 1.37. The first-order chi connectivity index (χ1) is 4.46. The predicted octanol–water partition coefficient (Wildman–Crippen LogP) is 1.45. The van der Waals surface area contributed by atoms with Gasteiger partial charge in [0.1, 0.15) is 0 Å². The van der Waals surface area contributed by atoms with Crippen LogP contribution in [0, 0.1) is 5.41 Å². The Morgan fingerprint density at radius 2 is 1.36 bits per heavy atom. The van der Waals surface area contributed by atoms with Crippen LogP contribution in [0.25, 0.3) is 0 Å². The van der Waals surface area contributed by atoms with Crippen molar-refractivity contribution < 1.29 is 0 Å². The van der Waals surface area contributed by atoms with Crippen LogP contribution in [0.15, 0.2) is 0 Å². The second kappa shape index (κ2) is 5.68. The molecule has 62 valence electrons. The van der Waals surface area contributed by atoms with E-state index in [1.54, 1.807) is 0 Å². The zero-order chi connectivity index (χ0) is 8.31. The molecule has 0 aromatic heterocycles. The summed E-state index contributed by atoms with van der Waals surface area (Å²) in [6.45, 7) is 10.3. The summed E-state index contributed by atoms with van der Waals surface area (Å²) in [5.41, 5.74) is 0. The summed E-state index contributed by atoms with van der Waals surface area (Å²) >= 11 is 0. The summed E-state index contributed by atoms with van der Waals surface area (Å²) in [6.07, 6.45) is 0. The monoisotopic (exact) mass is 150 g/mol. The first-order valence-electron chi connectivity index (χ1n) is 3.80. The molecule has 0 fully saturated rings. The van der Waals surface area contributed by atoms with Gasteiger partial charge < -0.3 is 4.90 Å². The fourth-order valence-electron chi connectivity index (χ4n) is 1.37. The maximum atomic E-state index is 7.44.